The Hall–Kier alpha value is -0.830. The first-order valence-electron chi connectivity index (χ1n) is 2.74. The van der Waals surface area contributed by atoms with Gasteiger partial charge in [-0.3, -0.25) is 0 Å². The van der Waals surface area contributed by atoms with Crippen molar-refractivity contribution >= 4 is 22.6 Å². The molecule has 0 aliphatic rings. The summed E-state index contributed by atoms with van der Waals surface area (Å²) in [5, 5.41) is 17.4. The summed E-state index contributed by atoms with van der Waals surface area (Å²) < 4.78 is 13.1. The molecule has 0 heterocycles. The molecule has 0 bridgehead atoms. The number of rotatable bonds is 0. The Morgan fingerprint density at radius 2 is 2.18 bits per heavy atom. The maximum atomic E-state index is 12.5. The molecule has 0 aliphatic heterocycles. The van der Waals surface area contributed by atoms with E-state index in [9.17, 15) is 4.39 Å². The minimum atomic E-state index is -0.762. The number of nitrogens with zero attached hydrogens (tertiary/aromatic N) is 1. The molecule has 0 saturated heterocycles. The number of hydrogen-bond donors (Lipinski definition) is 1. The Morgan fingerprint density at radius 1 is 1.55 bits per heavy atom. The van der Waals surface area contributed by atoms with E-state index in [2.05, 4.69) is 0 Å². The van der Waals surface area contributed by atoms with Crippen LogP contribution in [0.25, 0.3) is 0 Å². The Labute approximate surface area is 76.4 Å². The largest absolute Gasteiger partial charge is 0.504 e. The van der Waals surface area contributed by atoms with Crippen molar-refractivity contribution in [1.29, 1.82) is 5.26 Å². The van der Waals surface area contributed by atoms with E-state index in [0.717, 1.165) is 6.07 Å². The van der Waals surface area contributed by atoms with Gasteiger partial charge in [-0.05, 0) is 34.7 Å². The van der Waals surface area contributed by atoms with Gasteiger partial charge >= 0.3 is 0 Å². The number of phenolic OH excluding ortho intramolecular Hbond substituents is 1. The fourth-order valence-electron chi connectivity index (χ4n) is 0.647. The minimum Gasteiger partial charge on any atom is -0.504 e. The molecule has 0 aliphatic carbocycles. The van der Waals surface area contributed by atoms with Gasteiger partial charge in [-0.2, -0.15) is 5.26 Å². The first-order valence-corrected chi connectivity index (χ1v) is 3.81. The van der Waals surface area contributed by atoms with Gasteiger partial charge in [0.2, 0.25) is 0 Å². The third-order valence-corrected chi connectivity index (χ3v) is 2.09. The molecule has 0 fully saturated rings. The lowest BCUT2D eigenvalue weighted by Crippen LogP contribution is -1.85. The molecule has 0 unspecified atom stereocenters. The van der Waals surface area contributed by atoms with Crippen molar-refractivity contribution in [3.05, 3.63) is 27.1 Å². The highest BCUT2D eigenvalue weighted by molar-refractivity contribution is 14.1. The van der Waals surface area contributed by atoms with Gasteiger partial charge in [0.15, 0.2) is 11.6 Å². The van der Waals surface area contributed by atoms with Crippen molar-refractivity contribution in [1.82, 2.24) is 0 Å². The second-order valence-corrected chi connectivity index (χ2v) is 3.03. The van der Waals surface area contributed by atoms with Gasteiger partial charge in [-0.25, -0.2) is 4.39 Å². The summed E-state index contributed by atoms with van der Waals surface area (Å²) in [5.41, 5.74) is -0.00870. The van der Waals surface area contributed by atoms with Crippen molar-refractivity contribution in [2.24, 2.45) is 0 Å². The lowest BCUT2D eigenvalue weighted by atomic mass is 10.2. The average molecular weight is 263 g/mol. The highest BCUT2D eigenvalue weighted by Crippen LogP contribution is 2.24. The third kappa shape index (κ3) is 1.43. The zero-order valence-corrected chi connectivity index (χ0v) is 7.46. The topological polar surface area (TPSA) is 44.0 Å². The van der Waals surface area contributed by atoms with E-state index >= 15 is 0 Å². The highest BCUT2D eigenvalue weighted by Gasteiger charge is 2.09. The Bertz CT molecular complexity index is 332. The fraction of sp³-hybridized carbons (Fsp3) is 0. The zero-order valence-electron chi connectivity index (χ0n) is 5.31. The summed E-state index contributed by atoms with van der Waals surface area (Å²) in [6.07, 6.45) is 0. The minimum absolute atomic E-state index is 0.00870. The quantitative estimate of drug-likeness (QED) is 0.727. The molecule has 1 rings (SSSR count). The predicted molar refractivity (Wildman–Crippen MR) is 45.5 cm³/mol. The molecule has 0 amide bonds. The van der Waals surface area contributed by atoms with Gasteiger partial charge in [0.1, 0.15) is 11.6 Å². The van der Waals surface area contributed by atoms with Crippen LogP contribution in [0.5, 0.6) is 5.75 Å². The molecule has 1 aromatic rings. The summed E-state index contributed by atoms with van der Waals surface area (Å²) in [6, 6.07) is 4.27. The normalized spacial score (nSPS) is 9.18. The van der Waals surface area contributed by atoms with Crippen molar-refractivity contribution in [3.63, 3.8) is 0 Å². The molecule has 1 aromatic carbocycles. The number of halogens is 2. The summed E-state index contributed by atoms with van der Waals surface area (Å²) in [7, 11) is 0. The van der Waals surface area contributed by atoms with Gasteiger partial charge in [-0.15, -0.1) is 0 Å². The van der Waals surface area contributed by atoms with Crippen molar-refractivity contribution in [2.75, 3.05) is 0 Å². The molecule has 0 spiro atoms. The number of phenols is 1. The lowest BCUT2D eigenvalue weighted by Gasteiger charge is -1.98. The van der Waals surface area contributed by atoms with Crippen LogP contribution >= 0.6 is 22.6 Å². The van der Waals surface area contributed by atoms with Crippen LogP contribution in [0.4, 0.5) is 4.39 Å². The van der Waals surface area contributed by atoms with Crippen LogP contribution in [0.15, 0.2) is 12.1 Å². The van der Waals surface area contributed by atoms with Crippen LogP contribution in [0.3, 0.4) is 0 Å². The monoisotopic (exact) mass is 263 g/mol. The number of benzene rings is 1. The first-order chi connectivity index (χ1) is 5.16. The van der Waals surface area contributed by atoms with Gasteiger partial charge in [0.25, 0.3) is 0 Å². The number of hydrogen-bond acceptors (Lipinski definition) is 2. The van der Waals surface area contributed by atoms with E-state index in [1.807, 2.05) is 22.6 Å². The SMILES string of the molecule is N#Cc1c(I)ccc(F)c1O. The molecule has 0 saturated carbocycles. The third-order valence-electron chi connectivity index (χ3n) is 1.19. The Morgan fingerprint density at radius 3 is 2.64 bits per heavy atom. The molecular formula is C7H3FINO. The van der Waals surface area contributed by atoms with Crippen molar-refractivity contribution in [3.8, 4) is 11.8 Å². The molecular weight excluding hydrogens is 260 g/mol. The van der Waals surface area contributed by atoms with E-state index in [1.165, 1.54) is 6.07 Å². The van der Waals surface area contributed by atoms with Gasteiger partial charge in [0, 0.05) is 3.57 Å². The van der Waals surface area contributed by atoms with Crippen LogP contribution in [0.1, 0.15) is 5.56 Å². The summed E-state index contributed by atoms with van der Waals surface area (Å²) in [6.45, 7) is 0. The number of nitriles is 1. The first kappa shape index (κ1) is 8.27. The van der Waals surface area contributed by atoms with Gasteiger partial charge < -0.3 is 5.11 Å². The van der Waals surface area contributed by atoms with Crippen LogP contribution in [0.2, 0.25) is 0 Å². The van der Waals surface area contributed by atoms with Crippen LogP contribution in [-0.2, 0) is 0 Å². The Balaban J connectivity index is 3.44. The smallest absolute Gasteiger partial charge is 0.170 e. The predicted octanol–water partition coefficient (Wildman–Crippen LogP) is 2.01. The van der Waals surface area contributed by atoms with E-state index in [0.29, 0.717) is 3.57 Å². The van der Waals surface area contributed by atoms with Gasteiger partial charge in [0.05, 0.1) is 0 Å². The van der Waals surface area contributed by atoms with Crippen molar-refractivity contribution < 1.29 is 9.50 Å². The van der Waals surface area contributed by atoms with Crippen molar-refractivity contribution in [2.45, 2.75) is 0 Å². The molecule has 1 N–H and O–H groups in total. The molecule has 2 nitrogen and oxygen atoms in total. The maximum Gasteiger partial charge on any atom is 0.170 e. The fourth-order valence-corrected chi connectivity index (χ4v) is 1.20. The molecule has 56 valence electrons. The maximum absolute atomic E-state index is 12.5. The van der Waals surface area contributed by atoms with Gasteiger partial charge in [-0.1, -0.05) is 0 Å². The van der Waals surface area contributed by atoms with E-state index < -0.39 is 11.6 Å². The second kappa shape index (κ2) is 3.05. The Kier molecular flexibility index (Phi) is 2.29. The molecule has 4 heteroatoms. The van der Waals surface area contributed by atoms with Crippen LogP contribution in [-0.4, -0.2) is 5.11 Å². The molecule has 0 aromatic heterocycles. The van der Waals surface area contributed by atoms with E-state index in [-0.39, 0.29) is 5.56 Å². The zero-order chi connectivity index (χ0) is 8.43. The molecule has 0 radical (unpaired) electrons. The summed E-state index contributed by atoms with van der Waals surface area (Å²) in [5.74, 6) is -1.33. The number of aromatic hydroxyl groups is 1. The van der Waals surface area contributed by atoms with E-state index in [4.69, 9.17) is 10.4 Å². The second-order valence-electron chi connectivity index (χ2n) is 1.86. The van der Waals surface area contributed by atoms with E-state index in [1.54, 1.807) is 6.07 Å². The summed E-state index contributed by atoms with van der Waals surface area (Å²) >= 11 is 1.85. The highest BCUT2D eigenvalue weighted by atomic mass is 127. The summed E-state index contributed by atoms with van der Waals surface area (Å²) in [4.78, 5) is 0. The van der Waals surface area contributed by atoms with Crippen LogP contribution < -0.4 is 0 Å². The molecule has 11 heavy (non-hydrogen) atoms. The average Bonchev–Trinajstić information content (AvgIpc) is 1.99. The van der Waals surface area contributed by atoms with Crippen LogP contribution in [0, 0.1) is 20.7 Å². The standard InChI is InChI=1S/C7H3FINO/c8-5-1-2-6(9)4(3-10)7(5)11/h1-2,11H. The lowest BCUT2D eigenvalue weighted by molar-refractivity contribution is 0.430. The molecule has 0 atom stereocenters.